The van der Waals surface area contributed by atoms with E-state index < -0.39 is 12.0 Å². The lowest BCUT2D eigenvalue weighted by molar-refractivity contribution is -0.139. The molecule has 3 aromatic carbocycles. The van der Waals surface area contributed by atoms with E-state index in [0.29, 0.717) is 37.2 Å². The minimum Gasteiger partial charge on any atom is -0.463 e. The summed E-state index contributed by atoms with van der Waals surface area (Å²) in [4.78, 5) is 32.5. The van der Waals surface area contributed by atoms with Crippen LogP contribution >= 0.6 is 34.5 Å². The molecule has 0 radical (unpaired) electrons. The van der Waals surface area contributed by atoms with E-state index in [1.165, 1.54) is 11.3 Å². The number of hydrogen-bond donors (Lipinski definition) is 0. The molecule has 0 saturated carbocycles. The van der Waals surface area contributed by atoms with Gasteiger partial charge in [-0.1, -0.05) is 88.6 Å². The summed E-state index contributed by atoms with van der Waals surface area (Å²) in [6, 6.07) is 20.9. The molecule has 0 unspecified atom stereocenters. The molecule has 0 spiro atoms. The van der Waals surface area contributed by atoms with Crippen molar-refractivity contribution in [3.63, 3.8) is 0 Å². The average molecular weight is 617 g/mol. The Morgan fingerprint density at radius 1 is 1.05 bits per heavy atom. The molecule has 0 saturated heterocycles. The Hall–Kier alpha value is -3.91. The van der Waals surface area contributed by atoms with Gasteiger partial charge in [-0.25, -0.2) is 9.79 Å². The smallest absolute Gasteiger partial charge is 0.338 e. The highest BCUT2D eigenvalue weighted by atomic mass is 35.5. The first-order chi connectivity index (χ1) is 20.2. The Balaban J connectivity index is 1.50. The fraction of sp³-hybridized carbons (Fsp3) is 0.182. The number of ether oxygens (including phenoxy) is 1. The molecule has 212 valence electrons. The molecule has 3 heterocycles. The number of para-hydroxylation sites is 1. The van der Waals surface area contributed by atoms with Crippen LogP contribution in [0.3, 0.4) is 0 Å². The van der Waals surface area contributed by atoms with Gasteiger partial charge >= 0.3 is 5.97 Å². The maximum atomic E-state index is 14.1. The van der Waals surface area contributed by atoms with Crippen molar-refractivity contribution in [2.75, 3.05) is 6.61 Å². The summed E-state index contributed by atoms with van der Waals surface area (Å²) in [5.74, 6) is -0.469. The van der Waals surface area contributed by atoms with Crippen LogP contribution in [0.4, 0.5) is 0 Å². The van der Waals surface area contributed by atoms with Crippen LogP contribution in [0.5, 0.6) is 0 Å². The first-order valence-electron chi connectivity index (χ1n) is 13.5. The number of halogens is 2. The van der Waals surface area contributed by atoms with E-state index in [2.05, 4.69) is 10.6 Å². The number of hydrogen-bond acceptors (Lipinski definition) is 5. The van der Waals surface area contributed by atoms with Gasteiger partial charge < -0.3 is 9.30 Å². The van der Waals surface area contributed by atoms with Gasteiger partial charge in [-0.05, 0) is 56.2 Å². The van der Waals surface area contributed by atoms with Crippen LogP contribution in [-0.4, -0.2) is 21.7 Å². The zero-order valence-corrected chi connectivity index (χ0v) is 25.6. The number of rotatable bonds is 6. The number of allylic oxidation sites excluding steroid dienone is 1. The quantitative estimate of drug-likeness (QED) is 0.207. The third-order valence-corrected chi connectivity index (χ3v) is 9.08. The second-order valence-electron chi connectivity index (χ2n) is 10.2. The van der Waals surface area contributed by atoms with Crippen molar-refractivity contribution >= 4 is 57.5 Å². The number of fused-ring (bicyclic) bond motifs is 2. The van der Waals surface area contributed by atoms with Crippen LogP contribution in [0.25, 0.3) is 17.0 Å². The number of thiazole rings is 1. The summed E-state index contributed by atoms with van der Waals surface area (Å²) in [5.41, 5.74) is 5.56. The molecular formula is C33H27Cl2N3O3S. The van der Waals surface area contributed by atoms with Gasteiger partial charge in [0.2, 0.25) is 0 Å². The van der Waals surface area contributed by atoms with Crippen LogP contribution < -0.4 is 14.9 Å². The van der Waals surface area contributed by atoms with Crippen LogP contribution in [-0.2, 0) is 16.1 Å². The average Bonchev–Trinajstić information content (AvgIpc) is 3.47. The van der Waals surface area contributed by atoms with Gasteiger partial charge in [-0.2, -0.15) is 0 Å². The monoisotopic (exact) mass is 615 g/mol. The van der Waals surface area contributed by atoms with Crippen molar-refractivity contribution in [2.45, 2.75) is 33.4 Å². The third-order valence-electron chi connectivity index (χ3n) is 7.35. The predicted molar refractivity (Wildman–Crippen MR) is 169 cm³/mol. The molecule has 5 aromatic rings. The number of nitrogens with zero attached hydrogens (tertiary/aromatic N) is 3. The van der Waals surface area contributed by atoms with Crippen molar-refractivity contribution in [1.82, 2.24) is 9.13 Å². The summed E-state index contributed by atoms with van der Waals surface area (Å²) in [7, 11) is 0. The fourth-order valence-electron chi connectivity index (χ4n) is 5.35. The summed E-state index contributed by atoms with van der Waals surface area (Å²) < 4.78 is 9.69. The second kappa shape index (κ2) is 11.4. The molecular weight excluding hydrogens is 589 g/mol. The SMILES string of the molecule is CCOC(=O)C1=C(C)N=c2s/c(=C\c3cn(Cc4ccc(Cl)c(Cl)c4)c4ccccc34)c(=O)n2[C@@H]1c1ccc(C)cc1. The minimum absolute atomic E-state index is 0.208. The number of carbonyl (C=O) groups is 1. The van der Waals surface area contributed by atoms with Gasteiger partial charge in [-0.15, -0.1) is 0 Å². The molecule has 0 aliphatic carbocycles. The van der Waals surface area contributed by atoms with Gasteiger partial charge in [0.15, 0.2) is 4.80 Å². The number of benzene rings is 3. The zero-order chi connectivity index (χ0) is 29.5. The van der Waals surface area contributed by atoms with Crippen molar-refractivity contribution < 1.29 is 9.53 Å². The molecule has 2 aromatic heterocycles. The van der Waals surface area contributed by atoms with Crippen molar-refractivity contribution in [1.29, 1.82) is 0 Å². The molecule has 0 amide bonds. The normalized spacial score (nSPS) is 15.2. The summed E-state index contributed by atoms with van der Waals surface area (Å²) in [6.45, 7) is 6.37. The lowest BCUT2D eigenvalue weighted by atomic mass is 9.95. The summed E-state index contributed by atoms with van der Waals surface area (Å²) >= 11 is 13.7. The van der Waals surface area contributed by atoms with E-state index in [1.54, 1.807) is 24.5 Å². The molecule has 6 nitrogen and oxygen atoms in total. The lowest BCUT2D eigenvalue weighted by Crippen LogP contribution is -2.39. The number of aromatic nitrogens is 2. The van der Waals surface area contributed by atoms with E-state index in [9.17, 15) is 9.59 Å². The van der Waals surface area contributed by atoms with Gasteiger partial charge in [0, 0.05) is 29.2 Å². The molecule has 1 aliphatic rings. The Labute approximate surface area is 256 Å². The first-order valence-corrected chi connectivity index (χ1v) is 15.1. The topological polar surface area (TPSA) is 65.6 Å². The molecule has 0 bridgehead atoms. The molecule has 9 heteroatoms. The highest BCUT2D eigenvalue weighted by Crippen LogP contribution is 2.31. The highest BCUT2D eigenvalue weighted by molar-refractivity contribution is 7.07. The van der Waals surface area contributed by atoms with Gasteiger partial charge in [0.1, 0.15) is 0 Å². The van der Waals surface area contributed by atoms with E-state index in [1.807, 2.05) is 73.8 Å². The van der Waals surface area contributed by atoms with Gasteiger partial charge in [0.25, 0.3) is 5.56 Å². The Bertz CT molecular complexity index is 2070. The Kier molecular flexibility index (Phi) is 7.66. The molecule has 0 fully saturated rings. The van der Waals surface area contributed by atoms with Crippen molar-refractivity contribution in [3.05, 3.63) is 136 Å². The molecule has 1 aliphatic heterocycles. The Morgan fingerprint density at radius 2 is 1.81 bits per heavy atom. The lowest BCUT2D eigenvalue weighted by Gasteiger charge is -2.24. The fourth-order valence-corrected chi connectivity index (χ4v) is 6.71. The number of esters is 1. The molecule has 6 rings (SSSR count). The van der Waals surface area contributed by atoms with Crippen molar-refractivity contribution in [3.8, 4) is 0 Å². The summed E-state index contributed by atoms with van der Waals surface area (Å²) in [6.07, 6.45) is 3.95. The van der Waals surface area contributed by atoms with E-state index >= 15 is 0 Å². The largest absolute Gasteiger partial charge is 0.463 e. The van der Waals surface area contributed by atoms with Crippen molar-refractivity contribution in [2.24, 2.45) is 4.99 Å². The molecule has 1 atom stereocenters. The molecule has 0 N–H and O–H groups in total. The van der Waals surface area contributed by atoms with Crippen LogP contribution in [0, 0.1) is 6.92 Å². The first kappa shape index (κ1) is 28.2. The Morgan fingerprint density at radius 3 is 2.55 bits per heavy atom. The minimum atomic E-state index is -0.640. The van der Waals surface area contributed by atoms with E-state index in [4.69, 9.17) is 32.9 Å². The zero-order valence-electron chi connectivity index (χ0n) is 23.2. The standard InChI is InChI=1S/C33H27Cl2N3O3S/c1-4-41-32(40)29-20(3)36-33-38(30(29)22-12-9-19(2)10-13-22)31(39)28(42-33)16-23-18-37(27-8-6-5-7-24(23)27)17-21-11-14-25(34)26(35)15-21/h5-16,18,30H,4,17H2,1-3H3/b28-16-/t30-/m1/s1. The number of aryl methyl sites for hydroxylation is 1. The second-order valence-corrected chi connectivity index (χ2v) is 12.0. The highest BCUT2D eigenvalue weighted by Gasteiger charge is 2.33. The maximum Gasteiger partial charge on any atom is 0.338 e. The van der Waals surface area contributed by atoms with Gasteiger partial charge in [0.05, 0.1) is 38.5 Å². The van der Waals surface area contributed by atoms with Crippen LogP contribution in [0.1, 0.15) is 42.1 Å². The van der Waals surface area contributed by atoms with Crippen LogP contribution in [0.2, 0.25) is 10.0 Å². The van der Waals surface area contributed by atoms with Gasteiger partial charge in [-0.3, -0.25) is 9.36 Å². The summed E-state index contributed by atoms with van der Waals surface area (Å²) in [5, 5.41) is 2.04. The third kappa shape index (κ3) is 5.13. The number of carbonyl (C=O) groups excluding carboxylic acids is 1. The van der Waals surface area contributed by atoms with E-state index in [0.717, 1.165) is 33.2 Å². The van der Waals surface area contributed by atoms with E-state index in [-0.39, 0.29) is 12.2 Å². The van der Waals surface area contributed by atoms with Crippen LogP contribution in [0.15, 0.2) is 94.0 Å². The predicted octanol–water partition coefficient (Wildman–Crippen LogP) is 6.42. The molecule has 42 heavy (non-hydrogen) atoms. The maximum absolute atomic E-state index is 14.1.